The highest BCUT2D eigenvalue weighted by atomic mass is 16.2. The molecule has 138 valence electrons. The first kappa shape index (κ1) is 18.5. The van der Waals surface area contributed by atoms with E-state index in [1.165, 1.54) is 0 Å². The van der Waals surface area contributed by atoms with Crippen molar-refractivity contribution in [2.24, 2.45) is 5.92 Å². The van der Waals surface area contributed by atoms with Crippen LogP contribution in [0.25, 0.3) is 16.9 Å². The van der Waals surface area contributed by atoms with E-state index in [0.29, 0.717) is 11.3 Å². The molecule has 0 saturated heterocycles. The van der Waals surface area contributed by atoms with Gasteiger partial charge >= 0.3 is 0 Å². The zero-order chi connectivity index (χ0) is 19.2. The van der Waals surface area contributed by atoms with Crippen LogP contribution < -0.4 is 10.9 Å². The smallest absolute Gasteiger partial charge is 0.273 e. The Morgan fingerprint density at radius 1 is 1.07 bits per heavy atom. The van der Waals surface area contributed by atoms with Crippen molar-refractivity contribution in [2.45, 2.75) is 20.3 Å². The SMILES string of the molecule is C=C(NNC(=O)c1cn(-c2ccccc2)nc1-c1ccccc1)[C@@H](C)CC. The van der Waals surface area contributed by atoms with Gasteiger partial charge in [0.05, 0.1) is 11.3 Å². The Bertz CT molecular complexity index is 916. The molecule has 5 heteroatoms. The molecule has 3 aromatic rings. The van der Waals surface area contributed by atoms with Crippen molar-refractivity contribution < 1.29 is 4.79 Å². The number of hydrazine groups is 1. The number of nitrogens with zero attached hydrogens (tertiary/aromatic N) is 2. The molecule has 0 aliphatic carbocycles. The molecule has 3 rings (SSSR count). The zero-order valence-corrected chi connectivity index (χ0v) is 15.6. The minimum absolute atomic E-state index is 0.250. The second-order valence-electron chi connectivity index (χ2n) is 6.45. The highest BCUT2D eigenvalue weighted by molar-refractivity contribution is 5.99. The maximum atomic E-state index is 12.8. The molecule has 0 bridgehead atoms. The maximum absolute atomic E-state index is 12.8. The average Bonchev–Trinajstić information content (AvgIpc) is 3.18. The number of allylic oxidation sites excluding steroid dienone is 1. The van der Waals surface area contributed by atoms with E-state index in [2.05, 4.69) is 36.4 Å². The standard InChI is InChI=1S/C22H24N4O/c1-4-16(2)17(3)23-24-22(27)20-15-26(19-13-9-6-10-14-19)25-21(20)18-11-7-5-8-12-18/h5-16,23H,3-4H2,1-2H3,(H,24,27)/t16-/m0/s1. The van der Waals surface area contributed by atoms with Crippen LogP contribution in [0.2, 0.25) is 0 Å². The summed E-state index contributed by atoms with van der Waals surface area (Å²) >= 11 is 0. The molecule has 0 radical (unpaired) electrons. The second kappa shape index (κ2) is 8.36. The van der Waals surface area contributed by atoms with Crippen molar-refractivity contribution in [3.05, 3.63) is 84.7 Å². The molecule has 0 fully saturated rings. The predicted octanol–water partition coefficient (Wildman–Crippen LogP) is 4.33. The van der Waals surface area contributed by atoms with Crippen LogP contribution in [0.15, 0.2) is 79.1 Å². The van der Waals surface area contributed by atoms with E-state index in [-0.39, 0.29) is 11.8 Å². The highest BCUT2D eigenvalue weighted by Gasteiger charge is 2.19. The molecular weight excluding hydrogens is 336 g/mol. The predicted molar refractivity (Wildman–Crippen MR) is 108 cm³/mol. The highest BCUT2D eigenvalue weighted by Crippen LogP contribution is 2.23. The minimum atomic E-state index is -0.250. The van der Waals surface area contributed by atoms with Crippen molar-refractivity contribution in [1.29, 1.82) is 0 Å². The van der Waals surface area contributed by atoms with Gasteiger partial charge in [0.15, 0.2) is 0 Å². The van der Waals surface area contributed by atoms with Crippen LogP contribution in [0.1, 0.15) is 30.6 Å². The molecule has 0 unspecified atom stereocenters. The average molecular weight is 360 g/mol. The molecule has 2 N–H and O–H groups in total. The molecule has 0 aliphatic heterocycles. The lowest BCUT2D eigenvalue weighted by molar-refractivity contribution is 0.0938. The normalized spacial score (nSPS) is 11.6. The lowest BCUT2D eigenvalue weighted by Crippen LogP contribution is -2.38. The van der Waals surface area contributed by atoms with Crippen LogP contribution in [0.3, 0.4) is 0 Å². The van der Waals surface area contributed by atoms with Gasteiger partial charge in [-0.05, 0) is 24.5 Å². The molecule has 1 atom stereocenters. The number of aromatic nitrogens is 2. The molecule has 0 spiro atoms. The van der Waals surface area contributed by atoms with E-state index in [9.17, 15) is 4.79 Å². The van der Waals surface area contributed by atoms with E-state index < -0.39 is 0 Å². The van der Waals surface area contributed by atoms with Crippen LogP contribution >= 0.6 is 0 Å². The van der Waals surface area contributed by atoms with Crippen molar-refractivity contribution in [1.82, 2.24) is 20.6 Å². The molecule has 27 heavy (non-hydrogen) atoms. The van der Waals surface area contributed by atoms with Gasteiger partial charge in [-0.3, -0.25) is 10.2 Å². The Kier molecular flexibility index (Phi) is 5.71. The topological polar surface area (TPSA) is 58.9 Å². The fraction of sp³-hybridized carbons (Fsp3) is 0.182. The fourth-order valence-electron chi connectivity index (χ4n) is 2.64. The second-order valence-corrected chi connectivity index (χ2v) is 6.45. The van der Waals surface area contributed by atoms with E-state index in [1.807, 2.05) is 60.7 Å². The quantitative estimate of drug-likeness (QED) is 0.617. The first-order chi connectivity index (χ1) is 13.1. The van der Waals surface area contributed by atoms with Crippen molar-refractivity contribution in [2.75, 3.05) is 0 Å². The van der Waals surface area contributed by atoms with Crippen LogP contribution in [-0.2, 0) is 0 Å². The number of rotatable bonds is 7. The summed E-state index contributed by atoms with van der Waals surface area (Å²) in [5, 5.41) is 4.66. The van der Waals surface area contributed by atoms with Crippen molar-refractivity contribution >= 4 is 5.91 Å². The number of carbonyl (C=O) groups is 1. The molecule has 0 saturated carbocycles. The first-order valence-corrected chi connectivity index (χ1v) is 9.05. The summed E-state index contributed by atoms with van der Waals surface area (Å²) in [5.41, 5.74) is 9.36. The Hall–Kier alpha value is -3.34. The minimum Gasteiger partial charge on any atom is -0.303 e. The van der Waals surface area contributed by atoms with Gasteiger partial charge in [-0.1, -0.05) is 69.0 Å². The molecular formula is C22H24N4O. The third-order valence-corrected chi connectivity index (χ3v) is 4.57. The van der Waals surface area contributed by atoms with Gasteiger partial charge in [-0.25, -0.2) is 4.68 Å². The Morgan fingerprint density at radius 3 is 2.33 bits per heavy atom. The number of para-hydroxylation sites is 1. The van der Waals surface area contributed by atoms with Crippen LogP contribution in [0, 0.1) is 5.92 Å². The summed E-state index contributed by atoms with van der Waals surface area (Å²) in [4.78, 5) is 12.8. The van der Waals surface area contributed by atoms with E-state index in [0.717, 1.165) is 23.4 Å². The lowest BCUT2D eigenvalue weighted by Gasteiger charge is -2.15. The summed E-state index contributed by atoms with van der Waals surface area (Å²) in [6.07, 6.45) is 2.70. The van der Waals surface area contributed by atoms with Crippen molar-refractivity contribution in [3.63, 3.8) is 0 Å². The van der Waals surface area contributed by atoms with Crippen LogP contribution in [-0.4, -0.2) is 15.7 Å². The summed E-state index contributed by atoms with van der Waals surface area (Å²) in [5.74, 6) is 0.0198. The molecule has 5 nitrogen and oxygen atoms in total. The molecule has 1 heterocycles. The van der Waals surface area contributed by atoms with Gasteiger partial charge in [0.2, 0.25) is 0 Å². The monoisotopic (exact) mass is 360 g/mol. The summed E-state index contributed by atoms with van der Waals surface area (Å²) in [6.45, 7) is 8.12. The first-order valence-electron chi connectivity index (χ1n) is 9.05. The number of amides is 1. The van der Waals surface area contributed by atoms with E-state index in [1.54, 1.807) is 10.9 Å². The number of nitrogens with one attached hydrogen (secondary N) is 2. The lowest BCUT2D eigenvalue weighted by atomic mass is 10.1. The van der Waals surface area contributed by atoms with Gasteiger partial charge in [-0.15, -0.1) is 0 Å². The summed E-state index contributed by atoms with van der Waals surface area (Å²) in [6, 6.07) is 19.4. The Morgan fingerprint density at radius 2 is 1.70 bits per heavy atom. The third kappa shape index (κ3) is 4.26. The number of carbonyl (C=O) groups excluding carboxylic acids is 1. The maximum Gasteiger partial charge on any atom is 0.273 e. The number of benzene rings is 2. The molecule has 1 aromatic heterocycles. The molecule has 1 amide bonds. The largest absolute Gasteiger partial charge is 0.303 e. The van der Waals surface area contributed by atoms with Gasteiger partial charge < -0.3 is 5.43 Å². The van der Waals surface area contributed by atoms with Gasteiger partial charge in [0.25, 0.3) is 5.91 Å². The van der Waals surface area contributed by atoms with Gasteiger partial charge in [0, 0.05) is 17.5 Å². The van der Waals surface area contributed by atoms with Crippen molar-refractivity contribution in [3.8, 4) is 16.9 Å². The molecule has 2 aromatic carbocycles. The van der Waals surface area contributed by atoms with Crippen LogP contribution in [0.4, 0.5) is 0 Å². The third-order valence-electron chi connectivity index (χ3n) is 4.57. The summed E-state index contributed by atoms with van der Waals surface area (Å²) < 4.78 is 1.72. The van der Waals surface area contributed by atoms with Gasteiger partial charge in [0.1, 0.15) is 5.69 Å². The number of hydrogen-bond donors (Lipinski definition) is 2. The Balaban J connectivity index is 1.92. The van der Waals surface area contributed by atoms with E-state index in [4.69, 9.17) is 0 Å². The zero-order valence-electron chi connectivity index (χ0n) is 15.6. The Labute approximate surface area is 159 Å². The number of hydrogen-bond acceptors (Lipinski definition) is 3. The molecule has 0 aliphatic rings. The summed E-state index contributed by atoms with van der Waals surface area (Å²) in [7, 11) is 0. The van der Waals surface area contributed by atoms with E-state index >= 15 is 0 Å². The van der Waals surface area contributed by atoms with Gasteiger partial charge in [-0.2, -0.15) is 5.10 Å². The van der Waals surface area contributed by atoms with Crippen LogP contribution in [0.5, 0.6) is 0 Å². The fourth-order valence-corrected chi connectivity index (χ4v) is 2.64.